The summed E-state index contributed by atoms with van der Waals surface area (Å²) in [5.74, 6) is 0. The molecule has 1 aliphatic rings. The molecule has 2 unspecified atom stereocenters. The van der Waals surface area contributed by atoms with E-state index in [2.05, 4.69) is 55.1 Å². The second-order valence-electron chi connectivity index (χ2n) is 5.09. The predicted molar refractivity (Wildman–Crippen MR) is 77.8 cm³/mol. The van der Waals surface area contributed by atoms with Crippen LogP contribution in [-0.2, 0) is 4.74 Å². The molecule has 0 spiro atoms. The van der Waals surface area contributed by atoms with Crippen LogP contribution in [0.5, 0.6) is 0 Å². The summed E-state index contributed by atoms with van der Waals surface area (Å²) in [6.07, 6.45) is 2.11. The van der Waals surface area contributed by atoms with Crippen LogP contribution < -0.4 is 0 Å². The summed E-state index contributed by atoms with van der Waals surface area (Å²) in [6, 6.07) is 20.8. The summed E-state index contributed by atoms with van der Waals surface area (Å²) in [6.45, 7) is 4.19. The number of ether oxygens (including phenoxy) is 1. The third kappa shape index (κ3) is 2.77. The van der Waals surface area contributed by atoms with Crippen LogP contribution in [0.3, 0.4) is 0 Å². The van der Waals surface area contributed by atoms with E-state index in [1.54, 1.807) is 0 Å². The van der Waals surface area contributed by atoms with Crippen molar-refractivity contribution >= 4 is 0 Å². The average molecular weight is 250 g/mol. The quantitative estimate of drug-likeness (QED) is 0.693. The van der Waals surface area contributed by atoms with Gasteiger partial charge in [0.25, 0.3) is 0 Å². The van der Waals surface area contributed by atoms with Gasteiger partial charge in [-0.25, -0.2) is 0 Å². The van der Waals surface area contributed by atoms with Crippen LogP contribution in [0.2, 0.25) is 0 Å². The Balaban J connectivity index is 1.84. The minimum absolute atomic E-state index is 0.132. The van der Waals surface area contributed by atoms with Crippen LogP contribution >= 0.6 is 0 Å². The third-order valence-corrected chi connectivity index (χ3v) is 3.62. The monoisotopic (exact) mass is 250 g/mol. The first-order valence-electron chi connectivity index (χ1n) is 6.75. The van der Waals surface area contributed by atoms with Gasteiger partial charge < -0.3 is 4.74 Å². The molecule has 1 saturated heterocycles. The lowest BCUT2D eigenvalue weighted by molar-refractivity contribution is -0.0345. The van der Waals surface area contributed by atoms with Crippen molar-refractivity contribution in [2.24, 2.45) is 0 Å². The summed E-state index contributed by atoms with van der Waals surface area (Å²) >= 11 is 0. The van der Waals surface area contributed by atoms with E-state index in [0.717, 1.165) is 12.8 Å². The Morgan fingerprint density at radius 3 is 1.58 bits per heavy atom. The van der Waals surface area contributed by atoms with E-state index in [1.165, 1.54) is 16.7 Å². The molecule has 0 saturated carbocycles. The third-order valence-electron chi connectivity index (χ3n) is 3.62. The van der Waals surface area contributed by atoms with Gasteiger partial charge in [0.2, 0.25) is 0 Å². The first kappa shape index (κ1) is 12.2. The lowest BCUT2D eigenvalue weighted by Gasteiger charge is -2.32. The van der Waals surface area contributed by atoms with Crippen LogP contribution in [0.4, 0.5) is 0 Å². The van der Waals surface area contributed by atoms with Gasteiger partial charge in [-0.2, -0.15) is 0 Å². The molecule has 1 nitrogen and oxygen atoms in total. The highest BCUT2D eigenvalue weighted by atomic mass is 16.5. The van der Waals surface area contributed by atoms with Gasteiger partial charge in [0.1, 0.15) is 0 Å². The summed E-state index contributed by atoms with van der Waals surface area (Å²) in [5.41, 5.74) is 3.75. The zero-order chi connectivity index (χ0) is 13.1. The molecule has 3 rings (SSSR count). The molecule has 96 valence electrons. The standard InChI is InChI=1S/C18H18O/c1-14-12-17(15-8-4-2-5-9-15)19-18(13-14)16-10-6-3-7-11-16/h2-11,17-18H,1,12-13H2. The fraction of sp³-hybridized carbons (Fsp3) is 0.222. The second-order valence-corrected chi connectivity index (χ2v) is 5.09. The van der Waals surface area contributed by atoms with Crippen molar-refractivity contribution in [3.05, 3.63) is 83.9 Å². The maximum absolute atomic E-state index is 6.27. The molecule has 0 radical (unpaired) electrons. The number of hydrogen-bond donors (Lipinski definition) is 0. The zero-order valence-corrected chi connectivity index (χ0v) is 11.0. The van der Waals surface area contributed by atoms with Crippen LogP contribution in [0.25, 0.3) is 0 Å². The van der Waals surface area contributed by atoms with Gasteiger partial charge in [-0.05, 0) is 24.0 Å². The zero-order valence-electron chi connectivity index (χ0n) is 11.0. The van der Waals surface area contributed by atoms with Crippen LogP contribution in [0, 0.1) is 0 Å². The summed E-state index contributed by atoms with van der Waals surface area (Å²) in [4.78, 5) is 0. The molecule has 1 heteroatoms. The van der Waals surface area contributed by atoms with E-state index >= 15 is 0 Å². The predicted octanol–water partition coefficient (Wildman–Crippen LogP) is 4.84. The van der Waals surface area contributed by atoms with Crippen molar-refractivity contribution in [1.82, 2.24) is 0 Å². The maximum Gasteiger partial charge on any atom is 0.0870 e. The lowest BCUT2D eigenvalue weighted by Crippen LogP contribution is -2.17. The maximum atomic E-state index is 6.27. The Morgan fingerprint density at radius 1 is 0.737 bits per heavy atom. The van der Waals surface area contributed by atoms with Gasteiger partial charge in [-0.3, -0.25) is 0 Å². The highest BCUT2D eigenvalue weighted by Gasteiger charge is 2.26. The Morgan fingerprint density at radius 2 is 1.16 bits per heavy atom. The first-order valence-corrected chi connectivity index (χ1v) is 6.75. The number of benzene rings is 2. The number of hydrogen-bond acceptors (Lipinski definition) is 1. The molecule has 0 bridgehead atoms. The Labute approximate surface area is 114 Å². The van der Waals surface area contributed by atoms with Gasteiger partial charge >= 0.3 is 0 Å². The molecule has 0 N–H and O–H groups in total. The molecular weight excluding hydrogens is 232 g/mol. The molecule has 0 aromatic heterocycles. The van der Waals surface area contributed by atoms with Gasteiger partial charge in [-0.15, -0.1) is 0 Å². The minimum Gasteiger partial charge on any atom is -0.365 e. The van der Waals surface area contributed by atoms with Crippen molar-refractivity contribution in [1.29, 1.82) is 0 Å². The Bertz CT molecular complexity index is 495. The van der Waals surface area contributed by atoms with Crippen LogP contribution in [0.1, 0.15) is 36.2 Å². The Hall–Kier alpha value is -1.86. The largest absolute Gasteiger partial charge is 0.365 e. The van der Waals surface area contributed by atoms with E-state index in [4.69, 9.17) is 4.74 Å². The molecule has 1 fully saturated rings. The van der Waals surface area contributed by atoms with E-state index in [-0.39, 0.29) is 12.2 Å². The second kappa shape index (κ2) is 5.41. The summed E-state index contributed by atoms with van der Waals surface area (Å²) in [7, 11) is 0. The number of rotatable bonds is 2. The fourth-order valence-corrected chi connectivity index (χ4v) is 2.63. The Kier molecular flexibility index (Phi) is 3.47. The van der Waals surface area contributed by atoms with Crippen molar-refractivity contribution in [2.45, 2.75) is 25.0 Å². The fourth-order valence-electron chi connectivity index (χ4n) is 2.63. The lowest BCUT2D eigenvalue weighted by atomic mass is 9.92. The molecule has 1 heterocycles. The van der Waals surface area contributed by atoms with Gasteiger partial charge in [0.15, 0.2) is 0 Å². The van der Waals surface area contributed by atoms with Gasteiger partial charge in [0.05, 0.1) is 12.2 Å². The van der Waals surface area contributed by atoms with E-state index in [9.17, 15) is 0 Å². The summed E-state index contributed by atoms with van der Waals surface area (Å²) in [5, 5.41) is 0. The molecule has 1 aliphatic heterocycles. The molecule has 19 heavy (non-hydrogen) atoms. The highest BCUT2D eigenvalue weighted by molar-refractivity contribution is 5.25. The molecule has 2 atom stereocenters. The molecule has 2 aromatic rings. The van der Waals surface area contributed by atoms with Crippen molar-refractivity contribution in [3.63, 3.8) is 0 Å². The molecule has 0 amide bonds. The first-order chi connectivity index (χ1) is 9.33. The van der Waals surface area contributed by atoms with Gasteiger partial charge in [0, 0.05) is 0 Å². The van der Waals surface area contributed by atoms with E-state index in [1.807, 2.05) is 12.1 Å². The topological polar surface area (TPSA) is 9.23 Å². The van der Waals surface area contributed by atoms with Crippen molar-refractivity contribution in [2.75, 3.05) is 0 Å². The van der Waals surface area contributed by atoms with Crippen LogP contribution in [-0.4, -0.2) is 0 Å². The molecule has 2 aromatic carbocycles. The molecule has 0 aliphatic carbocycles. The smallest absolute Gasteiger partial charge is 0.0870 e. The van der Waals surface area contributed by atoms with E-state index in [0.29, 0.717) is 0 Å². The van der Waals surface area contributed by atoms with Crippen molar-refractivity contribution in [3.8, 4) is 0 Å². The normalized spacial score (nSPS) is 23.3. The molecular formula is C18H18O. The van der Waals surface area contributed by atoms with Crippen LogP contribution in [0.15, 0.2) is 72.8 Å². The minimum atomic E-state index is 0.132. The van der Waals surface area contributed by atoms with Gasteiger partial charge in [-0.1, -0.05) is 72.8 Å². The average Bonchev–Trinajstić information content (AvgIpc) is 2.48. The van der Waals surface area contributed by atoms with E-state index < -0.39 is 0 Å². The summed E-state index contributed by atoms with van der Waals surface area (Å²) < 4.78 is 6.27. The SMILES string of the molecule is C=C1CC(c2ccccc2)OC(c2ccccc2)C1. The van der Waals surface area contributed by atoms with Crippen molar-refractivity contribution < 1.29 is 4.74 Å². The highest BCUT2D eigenvalue weighted by Crippen LogP contribution is 2.40.